The number of phenols is 1. The first-order chi connectivity index (χ1) is 8.23. The summed E-state index contributed by atoms with van der Waals surface area (Å²) >= 11 is 0. The molecule has 3 N–H and O–H groups in total. The minimum Gasteiger partial charge on any atom is -0.500 e. The summed E-state index contributed by atoms with van der Waals surface area (Å²) in [7, 11) is 1.16. The van der Waals surface area contributed by atoms with Gasteiger partial charge in [0.2, 0.25) is 5.75 Å². The number of alkyl halides is 2. The zero-order chi connectivity index (χ0) is 13.7. The molecule has 0 spiro atoms. The second-order valence-electron chi connectivity index (χ2n) is 4.16. The van der Waals surface area contributed by atoms with Gasteiger partial charge in [-0.2, -0.15) is 0 Å². The van der Waals surface area contributed by atoms with Crippen molar-refractivity contribution < 1.29 is 23.5 Å². The van der Waals surface area contributed by atoms with Crippen molar-refractivity contribution in [1.29, 1.82) is 0 Å². The zero-order valence-corrected chi connectivity index (χ0v) is 9.31. The molecule has 1 fully saturated rings. The van der Waals surface area contributed by atoms with E-state index < -0.39 is 34.2 Å². The van der Waals surface area contributed by atoms with E-state index in [0.717, 1.165) is 19.2 Å². The van der Waals surface area contributed by atoms with E-state index in [2.05, 4.69) is 0 Å². The highest BCUT2D eigenvalue weighted by Crippen LogP contribution is 2.59. The molecule has 0 saturated heterocycles. The second kappa shape index (κ2) is 3.52. The number of nitro groups is 1. The van der Waals surface area contributed by atoms with Crippen LogP contribution in [0.4, 0.5) is 14.5 Å². The van der Waals surface area contributed by atoms with Crippen molar-refractivity contribution in [2.75, 3.05) is 7.11 Å². The van der Waals surface area contributed by atoms with Crippen molar-refractivity contribution in [3.05, 3.63) is 27.8 Å². The molecule has 1 atom stereocenters. The SMILES string of the molecule is COc1cc(C2(N)CC2(F)F)cc([N+](=O)[O-])c1O. The number of benzene rings is 1. The van der Waals surface area contributed by atoms with E-state index in [4.69, 9.17) is 10.5 Å². The highest BCUT2D eigenvalue weighted by atomic mass is 19.3. The van der Waals surface area contributed by atoms with Crippen molar-refractivity contribution in [2.45, 2.75) is 17.9 Å². The molecule has 0 radical (unpaired) electrons. The molecule has 1 aliphatic rings. The van der Waals surface area contributed by atoms with Crippen molar-refractivity contribution in [3.63, 3.8) is 0 Å². The largest absolute Gasteiger partial charge is 0.500 e. The van der Waals surface area contributed by atoms with Gasteiger partial charge in [0.25, 0.3) is 5.92 Å². The van der Waals surface area contributed by atoms with E-state index in [1.165, 1.54) is 0 Å². The van der Waals surface area contributed by atoms with Gasteiger partial charge in [-0.3, -0.25) is 10.1 Å². The Hall–Kier alpha value is -1.96. The van der Waals surface area contributed by atoms with Gasteiger partial charge in [-0.25, -0.2) is 8.78 Å². The molecule has 0 aliphatic heterocycles. The Balaban J connectivity index is 2.58. The quantitative estimate of drug-likeness (QED) is 0.633. The molecule has 6 nitrogen and oxygen atoms in total. The Morgan fingerprint density at radius 3 is 2.50 bits per heavy atom. The molecule has 98 valence electrons. The van der Waals surface area contributed by atoms with Crippen molar-refractivity contribution in [2.24, 2.45) is 5.73 Å². The van der Waals surface area contributed by atoms with Gasteiger partial charge in [0.05, 0.1) is 12.0 Å². The van der Waals surface area contributed by atoms with E-state index in [9.17, 15) is 24.0 Å². The topological polar surface area (TPSA) is 98.6 Å². The fourth-order valence-electron chi connectivity index (χ4n) is 1.76. The van der Waals surface area contributed by atoms with Gasteiger partial charge >= 0.3 is 5.69 Å². The number of hydrogen-bond donors (Lipinski definition) is 2. The van der Waals surface area contributed by atoms with Gasteiger partial charge < -0.3 is 15.6 Å². The number of nitrogens with zero attached hydrogens (tertiary/aromatic N) is 1. The lowest BCUT2D eigenvalue weighted by atomic mass is 10.0. The smallest absolute Gasteiger partial charge is 0.315 e. The van der Waals surface area contributed by atoms with Crippen LogP contribution in [-0.2, 0) is 5.54 Å². The highest BCUT2D eigenvalue weighted by molar-refractivity contribution is 5.59. The third-order valence-electron chi connectivity index (χ3n) is 3.02. The van der Waals surface area contributed by atoms with Crippen LogP contribution in [0.15, 0.2) is 12.1 Å². The molecule has 18 heavy (non-hydrogen) atoms. The summed E-state index contributed by atoms with van der Waals surface area (Å²) < 4.78 is 31.0. The number of aromatic hydroxyl groups is 1. The fraction of sp³-hybridized carbons (Fsp3) is 0.400. The van der Waals surface area contributed by atoms with Crippen LogP contribution in [0.2, 0.25) is 0 Å². The highest BCUT2D eigenvalue weighted by Gasteiger charge is 2.70. The van der Waals surface area contributed by atoms with Crippen molar-refractivity contribution in [1.82, 2.24) is 0 Å². The van der Waals surface area contributed by atoms with Crippen LogP contribution in [0.3, 0.4) is 0 Å². The van der Waals surface area contributed by atoms with Crippen LogP contribution >= 0.6 is 0 Å². The van der Waals surface area contributed by atoms with Crippen LogP contribution in [0.25, 0.3) is 0 Å². The average molecular weight is 260 g/mol. The molecule has 2 rings (SSSR count). The Morgan fingerprint density at radius 2 is 2.11 bits per heavy atom. The van der Waals surface area contributed by atoms with E-state index in [1.54, 1.807) is 0 Å². The molecule has 1 aromatic rings. The minimum atomic E-state index is -3.11. The first-order valence-corrected chi connectivity index (χ1v) is 4.95. The normalized spacial score (nSPS) is 24.7. The summed E-state index contributed by atoms with van der Waals surface area (Å²) in [5, 5.41) is 20.2. The number of rotatable bonds is 3. The Morgan fingerprint density at radius 1 is 1.56 bits per heavy atom. The van der Waals surface area contributed by atoms with Crippen LogP contribution in [-0.4, -0.2) is 23.1 Å². The number of nitrogens with two attached hydrogens (primary N) is 1. The Kier molecular flexibility index (Phi) is 2.44. The van der Waals surface area contributed by atoms with E-state index in [1.807, 2.05) is 0 Å². The predicted octanol–water partition coefficient (Wildman–Crippen LogP) is 1.50. The average Bonchev–Trinajstić information content (AvgIpc) is 2.79. The molecule has 0 bridgehead atoms. The van der Waals surface area contributed by atoms with Crippen molar-refractivity contribution >= 4 is 5.69 Å². The number of methoxy groups -OCH3 is 1. The third kappa shape index (κ3) is 1.57. The monoisotopic (exact) mass is 260 g/mol. The first-order valence-electron chi connectivity index (χ1n) is 4.95. The first kappa shape index (κ1) is 12.5. The predicted molar refractivity (Wildman–Crippen MR) is 56.7 cm³/mol. The lowest BCUT2D eigenvalue weighted by Gasteiger charge is -2.13. The molecular weight excluding hydrogens is 250 g/mol. The van der Waals surface area contributed by atoms with Gasteiger partial charge in [-0.1, -0.05) is 0 Å². The lowest BCUT2D eigenvalue weighted by molar-refractivity contribution is -0.386. The molecule has 1 unspecified atom stereocenters. The van der Waals surface area contributed by atoms with E-state index in [-0.39, 0.29) is 11.3 Å². The van der Waals surface area contributed by atoms with Gasteiger partial charge in [0.1, 0.15) is 5.54 Å². The van der Waals surface area contributed by atoms with Crippen LogP contribution in [0.5, 0.6) is 11.5 Å². The third-order valence-corrected chi connectivity index (χ3v) is 3.02. The fourth-order valence-corrected chi connectivity index (χ4v) is 1.76. The molecule has 1 saturated carbocycles. The summed E-state index contributed by atoms with van der Waals surface area (Å²) in [6, 6.07) is 1.93. The van der Waals surface area contributed by atoms with E-state index in [0.29, 0.717) is 0 Å². The van der Waals surface area contributed by atoms with Gasteiger partial charge in [-0.05, 0) is 11.6 Å². The van der Waals surface area contributed by atoms with Gasteiger partial charge in [-0.15, -0.1) is 0 Å². The summed E-state index contributed by atoms with van der Waals surface area (Å²) in [6.45, 7) is 0. The van der Waals surface area contributed by atoms with Crippen LogP contribution in [0.1, 0.15) is 12.0 Å². The number of hydrogen-bond acceptors (Lipinski definition) is 5. The summed E-state index contributed by atoms with van der Waals surface area (Å²) in [5.74, 6) is -4.08. The maximum Gasteiger partial charge on any atom is 0.315 e. The summed E-state index contributed by atoms with van der Waals surface area (Å²) in [6.07, 6.45) is -0.592. The molecular formula is C10H10F2N2O4. The Labute approximate surface area is 100 Å². The number of nitro benzene ring substituents is 1. The Bertz CT molecular complexity index is 535. The molecule has 8 heteroatoms. The van der Waals surface area contributed by atoms with Crippen LogP contribution in [0, 0.1) is 10.1 Å². The van der Waals surface area contributed by atoms with E-state index >= 15 is 0 Å². The summed E-state index contributed by atoms with van der Waals surface area (Å²) in [4.78, 5) is 9.83. The summed E-state index contributed by atoms with van der Waals surface area (Å²) in [5.41, 5.74) is 2.70. The maximum absolute atomic E-state index is 13.1. The lowest BCUT2D eigenvalue weighted by Crippen LogP contribution is -2.27. The van der Waals surface area contributed by atoms with Crippen molar-refractivity contribution in [3.8, 4) is 11.5 Å². The zero-order valence-electron chi connectivity index (χ0n) is 9.31. The number of halogens is 2. The minimum absolute atomic E-state index is 0.131. The van der Waals surface area contributed by atoms with Gasteiger partial charge in [0, 0.05) is 12.5 Å². The maximum atomic E-state index is 13.1. The number of phenolic OH excluding ortho intramolecular Hbond substituents is 1. The second-order valence-corrected chi connectivity index (χ2v) is 4.16. The molecule has 0 heterocycles. The molecule has 0 aromatic heterocycles. The molecule has 1 aromatic carbocycles. The standard InChI is InChI=1S/C10H10F2N2O4/c1-18-7-3-5(9(13)4-10(9,11)12)2-6(8(7)15)14(16)17/h2-3,15H,4,13H2,1H3. The van der Waals surface area contributed by atoms with Crippen LogP contribution < -0.4 is 10.5 Å². The molecule has 0 amide bonds. The number of ether oxygens (including phenoxy) is 1. The molecule has 1 aliphatic carbocycles. The van der Waals surface area contributed by atoms with Gasteiger partial charge in [0.15, 0.2) is 5.75 Å².